The minimum atomic E-state index is -0.412. The van der Waals surface area contributed by atoms with E-state index in [9.17, 15) is 9.59 Å². The van der Waals surface area contributed by atoms with Crippen LogP contribution in [0, 0.1) is 6.92 Å². The van der Waals surface area contributed by atoms with E-state index in [1.165, 1.54) is 0 Å². The largest absolute Gasteiger partial charge is 0.345 e. The molecule has 1 aliphatic heterocycles. The fraction of sp³-hybridized carbons (Fsp3) is 0.500. The van der Waals surface area contributed by atoms with Crippen molar-refractivity contribution in [3.63, 3.8) is 0 Å². The zero-order valence-electron chi connectivity index (χ0n) is 9.19. The third-order valence-electron chi connectivity index (χ3n) is 2.56. The van der Waals surface area contributed by atoms with Crippen molar-refractivity contribution >= 4 is 23.2 Å². The van der Waals surface area contributed by atoms with E-state index >= 15 is 0 Å². The van der Waals surface area contributed by atoms with Crippen molar-refractivity contribution < 1.29 is 9.59 Å². The lowest BCUT2D eigenvalue weighted by atomic mass is 10.2. The van der Waals surface area contributed by atoms with Crippen molar-refractivity contribution in [2.75, 3.05) is 6.54 Å². The van der Waals surface area contributed by atoms with E-state index in [-0.39, 0.29) is 18.4 Å². The van der Waals surface area contributed by atoms with Crippen LogP contribution in [0.15, 0.2) is 6.20 Å². The quantitative estimate of drug-likeness (QED) is 0.807. The second-order valence-corrected chi connectivity index (χ2v) is 5.10. The lowest BCUT2D eigenvalue weighted by molar-refractivity contribution is -0.145. The van der Waals surface area contributed by atoms with Gasteiger partial charge in [0.1, 0.15) is 11.0 Å². The summed E-state index contributed by atoms with van der Waals surface area (Å²) in [6, 6.07) is -0.412. The molecule has 0 radical (unpaired) electrons. The van der Waals surface area contributed by atoms with E-state index in [0.29, 0.717) is 6.54 Å². The monoisotopic (exact) mass is 239 g/mol. The molecule has 0 aromatic carbocycles. The van der Waals surface area contributed by atoms with E-state index < -0.39 is 6.04 Å². The van der Waals surface area contributed by atoms with Crippen LogP contribution >= 0.6 is 11.3 Å². The number of hydrogen-bond donors (Lipinski definition) is 1. The smallest absolute Gasteiger partial charge is 0.243 e. The molecule has 0 spiro atoms. The Morgan fingerprint density at radius 3 is 3.00 bits per heavy atom. The van der Waals surface area contributed by atoms with Crippen LogP contribution in [0.1, 0.15) is 16.8 Å². The van der Waals surface area contributed by atoms with Crippen molar-refractivity contribution in [2.24, 2.45) is 0 Å². The molecule has 1 saturated heterocycles. The van der Waals surface area contributed by atoms with Gasteiger partial charge in [0.2, 0.25) is 11.8 Å². The highest BCUT2D eigenvalue weighted by molar-refractivity contribution is 7.11. The topological polar surface area (TPSA) is 62.3 Å². The third kappa shape index (κ3) is 2.06. The van der Waals surface area contributed by atoms with Gasteiger partial charge in [0.05, 0.1) is 13.1 Å². The molecule has 1 aromatic heterocycles. The molecule has 1 atom stereocenters. The fourth-order valence-corrected chi connectivity index (χ4v) is 2.40. The lowest BCUT2D eigenvalue weighted by Gasteiger charge is -2.31. The molecular formula is C10H13N3O2S. The number of thiazole rings is 1. The Morgan fingerprint density at radius 2 is 2.38 bits per heavy atom. The summed E-state index contributed by atoms with van der Waals surface area (Å²) in [5.41, 5.74) is 0. The van der Waals surface area contributed by atoms with E-state index in [2.05, 4.69) is 10.3 Å². The molecular weight excluding hydrogens is 226 g/mol. The number of rotatable bonds is 2. The number of aromatic nitrogens is 1. The highest BCUT2D eigenvalue weighted by Gasteiger charge is 2.31. The van der Waals surface area contributed by atoms with Gasteiger partial charge in [0.25, 0.3) is 0 Å². The number of nitrogens with one attached hydrogen (secondary N) is 1. The predicted molar refractivity (Wildman–Crippen MR) is 59.9 cm³/mol. The van der Waals surface area contributed by atoms with Gasteiger partial charge < -0.3 is 10.2 Å². The highest BCUT2D eigenvalue weighted by atomic mass is 32.1. The molecule has 2 rings (SSSR count). The zero-order valence-corrected chi connectivity index (χ0v) is 10.0. The van der Waals surface area contributed by atoms with Crippen molar-refractivity contribution in [2.45, 2.75) is 26.4 Å². The predicted octanol–water partition coefficient (Wildman–Crippen LogP) is 0.298. The first-order valence-electron chi connectivity index (χ1n) is 5.06. The third-order valence-corrected chi connectivity index (χ3v) is 3.45. The molecule has 1 unspecified atom stereocenters. The molecule has 1 aliphatic rings. The normalized spacial score (nSPS) is 21.1. The van der Waals surface area contributed by atoms with Crippen LogP contribution in [0.5, 0.6) is 0 Å². The van der Waals surface area contributed by atoms with E-state index in [1.807, 2.05) is 6.92 Å². The Bertz CT molecular complexity index is 429. The van der Waals surface area contributed by atoms with Gasteiger partial charge in [-0.25, -0.2) is 4.98 Å². The SMILES string of the molecule is Cc1cnc(CN2C(=O)CNC(=O)C2C)s1. The van der Waals surface area contributed by atoms with Gasteiger partial charge in [-0.3, -0.25) is 9.59 Å². The van der Waals surface area contributed by atoms with Crippen LogP contribution in [-0.4, -0.2) is 34.3 Å². The van der Waals surface area contributed by atoms with Crippen LogP contribution < -0.4 is 5.32 Å². The molecule has 86 valence electrons. The summed E-state index contributed by atoms with van der Waals surface area (Å²) in [6.07, 6.45) is 1.78. The number of carbonyl (C=O) groups is 2. The standard InChI is InChI=1S/C10H13N3O2S/c1-6-3-11-8(16-6)5-13-7(2)10(15)12-4-9(13)14/h3,7H,4-5H2,1-2H3,(H,12,15). The molecule has 1 N–H and O–H groups in total. The Hall–Kier alpha value is -1.43. The van der Waals surface area contributed by atoms with E-state index in [1.54, 1.807) is 29.4 Å². The first-order valence-corrected chi connectivity index (χ1v) is 5.88. The average molecular weight is 239 g/mol. The minimum Gasteiger partial charge on any atom is -0.345 e. The second-order valence-electron chi connectivity index (χ2n) is 3.78. The number of aryl methyl sites for hydroxylation is 1. The van der Waals surface area contributed by atoms with Crippen molar-refractivity contribution in [1.29, 1.82) is 0 Å². The molecule has 16 heavy (non-hydrogen) atoms. The van der Waals surface area contributed by atoms with E-state index in [0.717, 1.165) is 9.88 Å². The van der Waals surface area contributed by atoms with Crippen LogP contribution in [0.2, 0.25) is 0 Å². The molecule has 1 fully saturated rings. The summed E-state index contributed by atoms with van der Waals surface area (Å²) in [7, 11) is 0. The maximum Gasteiger partial charge on any atom is 0.243 e. The molecule has 2 heterocycles. The van der Waals surface area contributed by atoms with Crippen LogP contribution in [0.25, 0.3) is 0 Å². The van der Waals surface area contributed by atoms with Gasteiger partial charge in [-0.05, 0) is 13.8 Å². The fourth-order valence-electron chi connectivity index (χ4n) is 1.61. The van der Waals surface area contributed by atoms with Crippen molar-refractivity contribution in [1.82, 2.24) is 15.2 Å². The lowest BCUT2D eigenvalue weighted by Crippen LogP contribution is -2.56. The van der Waals surface area contributed by atoms with Gasteiger partial charge in [-0.2, -0.15) is 0 Å². The number of carbonyl (C=O) groups excluding carboxylic acids is 2. The summed E-state index contributed by atoms with van der Waals surface area (Å²) in [5.74, 6) is -0.159. The van der Waals surface area contributed by atoms with Crippen LogP contribution in [-0.2, 0) is 16.1 Å². The average Bonchev–Trinajstić information content (AvgIpc) is 2.65. The maximum absolute atomic E-state index is 11.6. The number of amides is 2. The van der Waals surface area contributed by atoms with Crippen LogP contribution in [0.4, 0.5) is 0 Å². The number of piperazine rings is 1. The summed E-state index contributed by atoms with van der Waals surface area (Å²) < 4.78 is 0. The maximum atomic E-state index is 11.6. The number of nitrogens with zero attached hydrogens (tertiary/aromatic N) is 2. The molecule has 1 aromatic rings. The van der Waals surface area contributed by atoms with Gasteiger partial charge in [0, 0.05) is 11.1 Å². The first-order chi connectivity index (χ1) is 7.58. The Kier molecular flexibility index (Phi) is 2.91. The summed E-state index contributed by atoms with van der Waals surface area (Å²) in [6.45, 7) is 4.21. The van der Waals surface area contributed by atoms with Crippen LogP contribution in [0.3, 0.4) is 0 Å². The minimum absolute atomic E-state index is 0.0556. The molecule has 5 nitrogen and oxygen atoms in total. The summed E-state index contributed by atoms with van der Waals surface area (Å²) in [5, 5.41) is 3.42. The number of hydrogen-bond acceptors (Lipinski definition) is 4. The van der Waals surface area contributed by atoms with Gasteiger partial charge in [0.15, 0.2) is 0 Å². The highest BCUT2D eigenvalue weighted by Crippen LogP contribution is 2.16. The molecule has 0 aliphatic carbocycles. The molecule has 2 amide bonds. The van der Waals surface area contributed by atoms with Gasteiger partial charge in [-0.1, -0.05) is 0 Å². The second kappa shape index (κ2) is 4.21. The van der Waals surface area contributed by atoms with Crippen molar-refractivity contribution in [3.8, 4) is 0 Å². The summed E-state index contributed by atoms with van der Waals surface area (Å²) in [4.78, 5) is 29.9. The first kappa shape index (κ1) is 11.1. The van der Waals surface area contributed by atoms with Gasteiger partial charge in [-0.15, -0.1) is 11.3 Å². The molecule has 6 heteroatoms. The Balaban J connectivity index is 2.12. The Morgan fingerprint density at radius 1 is 1.62 bits per heavy atom. The summed E-state index contributed by atoms with van der Waals surface area (Å²) >= 11 is 1.55. The van der Waals surface area contributed by atoms with Gasteiger partial charge >= 0.3 is 0 Å². The molecule has 0 saturated carbocycles. The zero-order chi connectivity index (χ0) is 11.7. The van der Waals surface area contributed by atoms with E-state index in [4.69, 9.17) is 0 Å². The molecule has 0 bridgehead atoms. The van der Waals surface area contributed by atoms with Crippen molar-refractivity contribution in [3.05, 3.63) is 16.1 Å². The Labute approximate surface area is 97.5 Å².